The summed E-state index contributed by atoms with van der Waals surface area (Å²) < 4.78 is 5.50. The first kappa shape index (κ1) is 11.3. The number of carbonyl (C=O) groups is 1. The van der Waals surface area contributed by atoms with Crippen LogP contribution in [0.25, 0.3) is 0 Å². The van der Waals surface area contributed by atoms with E-state index in [4.69, 9.17) is 9.84 Å². The summed E-state index contributed by atoms with van der Waals surface area (Å²) in [6.07, 6.45) is 1.35. The molecule has 1 aromatic heterocycles. The third kappa shape index (κ3) is 2.33. The molecule has 0 aromatic carbocycles. The fourth-order valence-corrected chi connectivity index (χ4v) is 2.30. The Morgan fingerprint density at radius 3 is 3.12 bits per heavy atom. The van der Waals surface area contributed by atoms with Crippen molar-refractivity contribution in [2.24, 2.45) is 0 Å². The Balaban J connectivity index is 2.27. The Morgan fingerprint density at radius 2 is 2.50 bits per heavy atom. The summed E-state index contributed by atoms with van der Waals surface area (Å²) in [4.78, 5) is 19.1. The average Bonchev–Trinajstić information content (AvgIpc) is 2.30. The van der Waals surface area contributed by atoms with Gasteiger partial charge in [0.2, 0.25) is 0 Å². The molecule has 0 radical (unpaired) electrons. The second kappa shape index (κ2) is 4.80. The molecule has 1 N–H and O–H groups in total. The lowest BCUT2D eigenvalue weighted by Gasteiger charge is -2.21. The maximum atomic E-state index is 10.9. The van der Waals surface area contributed by atoms with Crippen molar-refractivity contribution in [1.82, 2.24) is 9.97 Å². The number of aromatic carboxylic acids is 1. The molecule has 5 nitrogen and oxygen atoms in total. The summed E-state index contributed by atoms with van der Waals surface area (Å²) in [7, 11) is 0. The van der Waals surface area contributed by atoms with Gasteiger partial charge in [0.05, 0.1) is 6.61 Å². The zero-order valence-electron chi connectivity index (χ0n) is 8.84. The lowest BCUT2D eigenvalue weighted by molar-refractivity contribution is 0.0656. The van der Waals surface area contributed by atoms with Crippen molar-refractivity contribution in [3.05, 3.63) is 23.3 Å². The number of hydrogen-bond acceptors (Lipinski definition) is 5. The van der Waals surface area contributed by atoms with Crippen molar-refractivity contribution in [1.29, 1.82) is 0 Å². The molecule has 1 aliphatic rings. The van der Waals surface area contributed by atoms with Gasteiger partial charge in [-0.1, -0.05) is 0 Å². The predicted octanol–water partition coefficient (Wildman–Crippen LogP) is 1.29. The van der Waals surface area contributed by atoms with Crippen LogP contribution in [0.3, 0.4) is 0 Å². The van der Waals surface area contributed by atoms with Crippen molar-refractivity contribution in [3.8, 4) is 0 Å². The van der Waals surface area contributed by atoms with Gasteiger partial charge in [0.1, 0.15) is 6.10 Å². The number of aromatic nitrogens is 2. The van der Waals surface area contributed by atoms with Crippen molar-refractivity contribution < 1.29 is 14.6 Å². The van der Waals surface area contributed by atoms with Crippen LogP contribution in [0, 0.1) is 6.92 Å². The van der Waals surface area contributed by atoms with Crippen molar-refractivity contribution in [3.63, 3.8) is 0 Å². The molecule has 0 spiro atoms. The van der Waals surface area contributed by atoms with Gasteiger partial charge in [-0.3, -0.25) is 0 Å². The lowest BCUT2D eigenvalue weighted by atomic mass is 10.2. The van der Waals surface area contributed by atoms with E-state index < -0.39 is 5.97 Å². The topological polar surface area (TPSA) is 72.3 Å². The highest BCUT2D eigenvalue weighted by Gasteiger charge is 2.21. The molecule has 86 valence electrons. The molecular formula is C10H12N2O3S. The van der Waals surface area contributed by atoms with Crippen molar-refractivity contribution in [2.45, 2.75) is 13.0 Å². The number of aryl methyl sites for hydroxylation is 1. The highest BCUT2D eigenvalue weighted by Crippen LogP contribution is 2.24. The quantitative estimate of drug-likeness (QED) is 0.839. The van der Waals surface area contributed by atoms with Crippen LogP contribution in [0.5, 0.6) is 0 Å². The molecule has 0 amide bonds. The van der Waals surface area contributed by atoms with Crippen LogP contribution >= 0.6 is 11.8 Å². The van der Waals surface area contributed by atoms with E-state index >= 15 is 0 Å². The van der Waals surface area contributed by atoms with Crippen LogP contribution in [0.15, 0.2) is 6.20 Å². The van der Waals surface area contributed by atoms with Gasteiger partial charge in [0.15, 0.2) is 11.5 Å². The third-order valence-electron chi connectivity index (χ3n) is 2.30. The van der Waals surface area contributed by atoms with Gasteiger partial charge < -0.3 is 9.84 Å². The molecule has 2 rings (SSSR count). The van der Waals surface area contributed by atoms with Gasteiger partial charge in [-0.2, -0.15) is 11.8 Å². The van der Waals surface area contributed by atoms with E-state index in [1.807, 2.05) is 0 Å². The minimum atomic E-state index is -1.02. The number of ether oxygens (including phenoxy) is 1. The SMILES string of the molecule is Cc1cnc(C2CSCCO2)nc1C(=O)O. The molecule has 1 aliphatic heterocycles. The molecule has 1 saturated heterocycles. The molecule has 0 aliphatic carbocycles. The second-order valence-corrected chi connectivity index (χ2v) is 4.65. The van der Waals surface area contributed by atoms with E-state index in [2.05, 4.69) is 9.97 Å². The Kier molecular flexibility index (Phi) is 3.40. The number of nitrogens with zero attached hydrogens (tertiary/aromatic N) is 2. The minimum Gasteiger partial charge on any atom is -0.477 e. The van der Waals surface area contributed by atoms with E-state index in [9.17, 15) is 4.79 Å². The van der Waals surface area contributed by atoms with E-state index in [0.717, 1.165) is 11.5 Å². The van der Waals surface area contributed by atoms with E-state index in [1.165, 1.54) is 6.20 Å². The number of hydrogen-bond donors (Lipinski definition) is 1. The average molecular weight is 240 g/mol. The van der Waals surface area contributed by atoms with E-state index in [-0.39, 0.29) is 11.8 Å². The van der Waals surface area contributed by atoms with Gasteiger partial charge in [-0.05, 0) is 6.92 Å². The highest BCUT2D eigenvalue weighted by molar-refractivity contribution is 7.99. The Morgan fingerprint density at radius 1 is 1.69 bits per heavy atom. The first-order valence-electron chi connectivity index (χ1n) is 4.94. The van der Waals surface area contributed by atoms with Crippen LogP contribution < -0.4 is 0 Å². The number of carboxylic acid groups (broad SMARTS) is 1. The Labute approximate surface area is 97.2 Å². The molecule has 16 heavy (non-hydrogen) atoms. The summed E-state index contributed by atoms with van der Waals surface area (Å²) >= 11 is 1.76. The predicted molar refractivity (Wildman–Crippen MR) is 59.7 cm³/mol. The van der Waals surface area contributed by atoms with Crippen LogP contribution in [-0.2, 0) is 4.74 Å². The summed E-state index contributed by atoms with van der Waals surface area (Å²) in [5.74, 6) is 1.19. The maximum absolute atomic E-state index is 10.9. The molecule has 2 heterocycles. The highest BCUT2D eigenvalue weighted by atomic mass is 32.2. The summed E-state index contributed by atoms with van der Waals surface area (Å²) in [5.41, 5.74) is 0.629. The first-order valence-corrected chi connectivity index (χ1v) is 6.10. The zero-order valence-corrected chi connectivity index (χ0v) is 9.66. The first-order chi connectivity index (χ1) is 7.68. The summed E-state index contributed by atoms with van der Waals surface area (Å²) in [5, 5.41) is 8.95. The van der Waals surface area contributed by atoms with E-state index in [1.54, 1.807) is 18.7 Å². The Bertz CT molecular complexity index is 405. The third-order valence-corrected chi connectivity index (χ3v) is 3.29. The fraction of sp³-hybridized carbons (Fsp3) is 0.500. The molecular weight excluding hydrogens is 228 g/mol. The standard InChI is InChI=1S/C10H12N2O3S/c1-6-4-11-9(12-8(6)10(13)14)7-5-16-3-2-15-7/h4,7H,2-3,5H2,1H3,(H,13,14). The Hall–Kier alpha value is -1.14. The molecule has 0 bridgehead atoms. The van der Waals surface area contributed by atoms with Gasteiger partial charge >= 0.3 is 5.97 Å². The normalized spacial score (nSPS) is 20.7. The van der Waals surface area contributed by atoms with Crippen molar-refractivity contribution in [2.75, 3.05) is 18.1 Å². The molecule has 6 heteroatoms. The zero-order chi connectivity index (χ0) is 11.5. The van der Waals surface area contributed by atoms with Crippen LogP contribution in [0.2, 0.25) is 0 Å². The summed E-state index contributed by atoms with van der Waals surface area (Å²) in [6.45, 7) is 2.35. The monoisotopic (exact) mass is 240 g/mol. The molecule has 1 aromatic rings. The van der Waals surface area contributed by atoms with E-state index in [0.29, 0.717) is 18.0 Å². The smallest absolute Gasteiger partial charge is 0.354 e. The van der Waals surface area contributed by atoms with Crippen LogP contribution in [0.1, 0.15) is 28.0 Å². The fourth-order valence-electron chi connectivity index (χ4n) is 1.46. The van der Waals surface area contributed by atoms with Crippen LogP contribution in [0.4, 0.5) is 0 Å². The maximum Gasteiger partial charge on any atom is 0.354 e. The number of thioether (sulfide) groups is 1. The van der Waals surface area contributed by atoms with Gasteiger partial charge in [-0.15, -0.1) is 0 Å². The minimum absolute atomic E-state index is 0.0594. The van der Waals surface area contributed by atoms with Crippen molar-refractivity contribution >= 4 is 17.7 Å². The number of rotatable bonds is 2. The lowest BCUT2D eigenvalue weighted by Crippen LogP contribution is -2.19. The van der Waals surface area contributed by atoms with Gasteiger partial charge in [0, 0.05) is 23.3 Å². The summed E-state index contributed by atoms with van der Waals surface area (Å²) in [6, 6.07) is 0. The molecule has 1 atom stereocenters. The molecule has 1 fully saturated rings. The van der Waals surface area contributed by atoms with Gasteiger partial charge in [-0.25, -0.2) is 14.8 Å². The molecule has 0 saturated carbocycles. The molecule has 1 unspecified atom stereocenters. The van der Waals surface area contributed by atoms with Crippen LogP contribution in [-0.4, -0.2) is 39.2 Å². The van der Waals surface area contributed by atoms with Gasteiger partial charge in [0.25, 0.3) is 0 Å². The number of carboxylic acids is 1. The second-order valence-electron chi connectivity index (χ2n) is 3.50. The largest absolute Gasteiger partial charge is 0.477 e.